The lowest BCUT2D eigenvalue weighted by Gasteiger charge is -2.10. The number of hydrogen-bond donors (Lipinski definition) is 0. The van der Waals surface area contributed by atoms with Crippen molar-refractivity contribution in [1.29, 1.82) is 0 Å². The molecule has 0 fully saturated rings. The fourth-order valence-electron chi connectivity index (χ4n) is 2.66. The minimum absolute atomic E-state index is 1.08. The Balaban J connectivity index is 0.00000139. The number of rotatable bonds is 7. The second-order valence-electron chi connectivity index (χ2n) is 5.87. The highest BCUT2D eigenvalue weighted by molar-refractivity contribution is 5.74. The van der Waals surface area contributed by atoms with E-state index in [1.165, 1.54) is 28.7 Å². The lowest BCUT2D eigenvalue weighted by molar-refractivity contribution is 0.819. The molecule has 2 aromatic carbocycles. The summed E-state index contributed by atoms with van der Waals surface area (Å²) in [7, 11) is 0. The third-order valence-electron chi connectivity index (χ3n) is 4.10. The number of hydrogen-bond acceptors (Lipinski definition) is 0. The van der Waals surface area contributed by atoms with Gasteiger partial charge in [0.1, 0.15) is 0 Å². The molecule has 0 radical (unpaired) electrons. The topological polar surface area (TPSA) is 0 Å². The molecular formula is C24H32. The fourth-order valence-corrected chi connectivity index (χ4v) is 2.66. The van der Waals surface area contributed by atoms with Crippen LogP contribution in [0, 0.1) is 0 Å². The molecule has 0 saturated carbocycles. The average molecular weight is 321 g/mol. The summed E-state index contributed by atoms with van der Waals surface area (Å²) >= 11 is 0. The summed E-state index contributed by atoms with van der Waals surface area (Å²) in [5.74, 6) is 0. The molecule has 0 N–H and O–H groups in total. The van der Waals surface area contributed by atoms with Gasteiger partial charge in [0.2, 0.25) is 0 Å². The first kappa shape index (κ1) is 20.0. The summed E-state index contributed by atoms with van der Waals surface area (Å²) in [6.45, 7) is 12.6. The minimum atomic E-state index is 1.08. The van der Waals surface area contributed by atoms with Gasteiger partial charge in [-0.1, -0.05) is 93.6 Å². The highest BCUT2D eigenvalue weighted by atomic mass is 14.1. The molecule has 0 bridgehead atoms. The van der Waals surface area contributed by atoms with Gasteiger partial charge in [0.15, 0.2) is 0 Å². The van der Waals surface area contributed by atoms with E-state index in [2.05, 4.69) is 81.1 Å². The molecule has 0 aliphatic carbocycles. The Labute approximate surface area is 148 Å². The van der Waals surface area contributed by atoms with Crippen LogP contribution >= 0.6 is 0 Å². The Hall–Kier alpha value is -2.08. The van der Waals surface area contributed by atoms with Crippen LogP contribution in [0.5, 0.6) is 0 Å². The maximum atomic E-state index is 4.26. The smallest absolute Gasteiger partial charge is 0.0158 e. The maximum Gasteiger partial charge on any atom is -0.0158 e. The van der Waals surface area contributed by atoms with Gasteiger partial charge in [-0.3, -0.25) is 0 Å². The lowest BCUT2D eigenvalue weighted by Crippen LogP contribution is -1.95. The Bertz CT molecular complexity index is 632. The molecule has 2 aromatic rings. The number of aryl methyl sites for hydroxylation is 2. The van der Waals surface area contributed by atoms with Crippen LogP contribution in [-0.4, -0.2) is 0 Å². The van der Waals surface area contributed by atoms with E-state index >= 15 is 0 Å². The molecule has 0 heterocycles. The van der Waals surface area contributed by atoms with Crippen LogP contribution in [0.3, 0.4) is 0 Å². The molecule has 0 amide bonds. The summed E-state index contributed by atoms with van der Waals surface area (Å²) in [5.41, 5.74) is 6.63. The molecule has 0 saturated heterocycles. The molecule has 0 spiro atoms. The van der Waals surface area contributed by atoms with Crippen molar-refractivity contribution in [3.05, 3.63) is 89.5 Å². The summed E-state index contributed by atoms with van der Waals surface area (Å²) in [5, 5.41) is 0. The van der Waals surface area contributed by atoms with Crippen molar-refractivity contribution in [3.8, 4) is 0 Å². The third-order valence-corrected chi connectivity index (χ3v) is 4.10. The zero-order valence-corrected chi connectivity index (χ0v) is 15.8. The normalized spacial score (nSPS) is 10.8. The van der Waals surface area contributed by atoms with Crippen LogP contribution in [0.1, 0.15) is 57.2 Å². The Morgan fingerprint density at radius 2 is 1.54 bits per heavy atom. The largest absolute Gasteiger partial charge is 0.0912 e. The van der Waals surface area contributed by atoms with Crippen LogP contribution in [0.4, 0.5) is 0 Å². The molecule has 0 atom stereocenters. The van der Waals surface area contributed by atoms with Gasteiger partial charge >= 0.3 is 0 Å². The maximum absolute atomic E-state index is 4.26. The summed E-state index contributed by atoms with van der Waals surface area (Å²) in [6.07, 6.45) is 6.70. The third kappa shape index (κ3) is 6.58. The molecule has 24 heavy (non-hydrogen) atoms. The van der Waals surface area contributed by atoms with Crippen molar-refractivity contribution in [2.75, 3.05) is 0 Å². The van der Waals surface area contributed by atoms with Crippen LogP contribution in [-0.2, 0) is 12.8 Å². The summed E-state index contributed by atoms with van der Waals surface area (Å²) in [6, 6.07) is 19.4. The van der Waals surface area contributed by atoms with Crippen molar-refractivity contribution in [2.24, 2.45) is 0 Å². The average Bonchev–Trinajstić information content (AvgIpc) is 2.64. The van der Waals surface area contributed by atoms with E-state index in [0.29, 0.717) is 0 Å². The van der Waals surface area contributed by atoms with Gasteiger partial charge in [-0.2, -0.15) is 0 Å². The molecule has 0 aromatic heterocycles. The van der Waals surface area contributed by atoms with Gasteiger partial charge in [0.05, 0.1) is 0 Å². The summed E-state index contributed by atoms with van der Waals surface area (Å²) in [4.78, 5) is 0. The molecular weight excluding hydrogens is 288 g/mol. The number of benzene rings is 2. The number of allylic oxidation sites excluding steroid dienone is 3. The molecule has 128 valence electrons. The van der Waals surface area contributed by atoms with Gasteiger partial charge in [-0.05, 0) is 54.9 Å². The first-order chi connectivity index (χ1) is 11.7. The Kier molecular flexibility index (Phi) is 9.53. The van der Waals surface area contributed by atoms with E-state index in [1.807, 2.05) is 13.8 Å². The molecule has 0 aliphatic rings. The zero-order chi connectivity index (χ0) is 17.8. The Morgan fingerprint density at radius 1 is 0.917 bits per heavy atom. The van der Waals surface area contributed by atoms with E-state index in [1.54, 1.807) is 0 Å². The van der Waals surface area contributed by atoms with Gasteiger partial charge in [0.25, 0.3) is 0 Å². The highest BCUT2D eigenvalue weighted by Crippen LogP contribution is 2.22. The molecule has 0 unspecified atom stereocenters. The highest BCUT2D eigenvalue weighted by Gasteiger charge is 2.04. The first-order valence-corrected chi connectivity index (χ1v) is 9.19. The van der Waals surface area contributed by atoms with Crippen LogP contribution in [0.25, 0.3) is 5.57 Å². The van der Waals surface area contributed by atoms with E-state index < -0.39 is 0 Å². The first-order valence-electron chi connectivity index (χ1n) is 9.19. The molecule has 0 aliphatic heterocycles. The lowest BCUT2D eigenvalue weighted by atomic mass is 9.95. The Morgan fingerprint density at radius 3 is 2.21 bits per heavy atom. The van der Waals surface area contributed by atoms with E-state index in [4.69, 9.17) is 0 Å². The molecule has 2 rings (SSSR count). The van der Waals surface area contributed by atoms with E-state index in [0.717, 1.165) is 24.8 Å². The van der Waals surface area contributed by atoms with Gasteiger partial charge in [0, 0.05) is 0 Å². The monoisotopic (exact) mass is 320 g/mol. The van der Waals surface area contributed by atoms with E-state index in [9.17, 15) is 0 Å². The van der Waals surface area contributed by atoms with Crippen molar-refractivity contribution >= 4 is 5.57 Å². The van der Waals surface area contributed by atoms with Crippen molar-refractivity contribution in [1.82, 2.24) is 0 Å². The fraction of sp³-hybridized carbons (Fsp3) is 0.333. The predicted molar refractivity (Wildman–Crippen MR) is 109 cm³/mol. The van der Waals surface area contributed by atoms with Gasteiger partial charge in [-0.25, -0.2) is 0 Å². The minimum Gasteiger partial charge on any atom is -0.0912 e. The van der Waals surface area contributed by atoms with Crippen molar-refractivity contribution in [3.63, 3.8) is 0 Å². The van der Waals surface area contributed by atoms with E-state index in [-0.39, 0.29) is 0 Å². The van der Waals surface area contributed by atoms with Gasteiger partial charge < -0.3 is 0 Å². The van der Waals surface area contributed by atoms with Crippen LogP contribution < -0.4 is 0 Å². The second kappa shape index (κ2) is 11.5. The standard InChI is InChI=1S/C22H26.C2H6/c1-4-18(2)17-19(3)22-16-9-8-14-21(22)15-10-13-20-11-6-5-7-12-20;1-2/h5-9,11-12,14,16-17H,3-4,10,13,15H2,1-2H3;1-2H3/b18-17-;. The second-order valence-corrected chi connectivity index (χ2v) is 5.87. The van der Waals surface area contributed by atoms with Crippen LogP contribution in [0.15, 0.2) is 72.8 Å². The quantitative estimate of drug-likeness (QED) is 0.471. The predicted octanol–water partition coefficient (Wildman–Crippen LogP) is 7.26. The summed E-state index contributed by atoms with van der Waals surface area (Å²) < 4.78 is 0. The van der Waals surface area contributed by atoms with Gasteiger partial charge in [-0.15, -0.1) is 0 Å². The van der Waals surface area contributed by atoms with Crippen molar-refractivity contribution in [2.45, 2.75) is 53.4 Å². The SMILES string of the molecule is C=C(/C=C(/C)CC)c1ccccc1CCCc1ccccc1.CC. The zero-order valence-electron chi connectivity index (χ0n) is 15.8. The molecule has 0 heteroatoms. The van der Waals surface area contributed by atoms with Crippen LogP contribution in [0.2, 0.25) is 0 Å². The van der Waals surface area contributed by atoms with Crippen molar-refractivity contribution < 1.29 is 0 Å². The molecule has 0 nitrogen and oxygen atoms in total.